The van der Waals surface area contributed by atoms with Gasteiger partial charge in [-0.2, -0.15) is 0 Å². The van der Waals surface area contributed by atoms with Crippen molar-refractivity contribution in [3.8, 4) is 0 Å². The van der Waals surface area contributed by atoms with Crippen molar-refractivity contribution in [3.63, 3.8) is 0 Å². The predicted octanol–water partition coefficient (Wildman–Crippen LogP) is 3.00. The molecule has 16 heavy (non-hydrogen) atoms. The molecule has 1 aromatic heterocycles. The standard InChI is InChI=1S/C12H12IN3/c1-9-2-4-10(5-3-9)6-15-12-11(13)7-14-8-16-12/h2-5,7-8H,6H2,1H3,(H,14,15,16). The van der Waals surface area contributed by atoms with Gasteiger partial charge in [-0.25, -0.2) is 9.97 Å². The van der Waals surface area contributed by atoms with Crippen molar-refractivity contribution in [1.29, 1.82) is 0 Å². The third-order valence-corrected chi connectivity index (χ3v) is 3.04. The smallest absolute Gasteiger partial charge is 0.143 e. The molecule has 0 radical (unpaired) electrons. The number of anilines is 1. The van der Waals surface area contributed by atoms with E-state index in [4.69, 9.17) is 0 Å². The molecule has 0 fully saturated rings. The molecule has 0 bridgehead atoms. The summed E-state index contributed by atoms with van der Waals surface area (Å²) >= 11 is 2.22. The van der Waals surface area contributed by atoms with Crippen LogP contribution in [-0.4, -0.2) is 9.97 Å². The molecule has 0 saturated heterocycles. The molecule has 0 aliphatic rings. The normalized spacial score (nSPS) is 10.1. The zero-order valence-corrected chi connectivity index (χ0v) is 11.1. The summed E-state index contributed by atoms with van der Waals surface area (Å²) in [5, 5.41) is 3.29. The van der Waals surface area contributed by atoms with Crippen LogP contribution in [0, 0.1) is 10.5 Å². The highest BCUT2D eigenvalue weighted by Crippen LogP contribution is 2.13. The Balaban J connectivity index is 2.02. The van der Waals surface area contributed by atoms with Crippen molar-refractivity contribution in [2.24, 2.45) is 0 Å². The molecule has 0 amide bonds. The fourth-order valence-corrected chi connectivity index (χ4v) is 1.83. The summed E-state index contributed by atoms with van der Waals surface area (Å²) in [5.41, 5.74) is 2.53. The van der Waals surface area contributed by atoms with Gasteiger partial charge in [0.1, 0.15) is 12.1 Å². The Morgan fingerprint density at radius 3 is 2.69 bits per heavy atom. The minimum atomic E-state index is 0.785. The Hall–Kier alpha value is -1.17. The van der Waals surface area contributed by atoms with Crippen LogP contribution in [0.3, 0.4) is 0 Å². The van der Waals surface area contributed by atoms with Gasteiger partial charge in [0.05, 0.1) is 3.57 Å². The minimum absolute atomic E-state index is 0.785. The Morgan fingerprint density at radius 2 is 2.00 bits per heavy atom. The van der Waals surface area contributed by atoms with Crippen LogP contribution in [0.2, 0.25) is 0 Å². The number of nitrogens with one attached hydrogen (secondary N) is 1. The van der Waals surface area contributed by atoms with E-state index in [-0.39, 0.29) is 0 Å². The Labute approximate surface area is 108 Å². The van der Waals surface area contributed by atoms with Gasteiger partial charge in [-0.15, -0.1) is 0 Å². The van der Waals surface area contributed by atoms with Crippen LogP contribution in [0.5, 0.6) is 0 Å². The zero-order chi connectivity index (χ0) is 11.4. The highest BCUT2D eigenvalue weighted by Gasteiger charge is 1.99. The Kier molecular flexibility index (Phi) is 3.71. The molecule has 4 heteroatoms. The van der Waals surface area contributed by atoms with Crippen molar-refractivity contribution in [1.82, 2.24) is 9.97 Å². The number of hydrogen-bond acceptors (Lipinski definition) is 3. The van der Waals surface area contributed by atoms with Gasteiger partial charge in [-0.05, 0) is 35.1 Å². The topological polar surface area (TPSA) is 37.8 Å². The maximum Gasteiger partial charge on any atom is 0.143 e. The molecule has 0 unspecified atom stereocenters. The van der Waals surface area contributed by atoms with Crippen molar-refractivity contribution in [2.75, 3.05) is 5.32 Å². The number of benzene rings is 1. The molecule has 1 aromatic carbocycles. The molecule has 3 nitrogen and oxygen atoms in total. The average Bonchev–Trinajstić information content (AvgIpc) is 2.30. The lowest BCUT2D eigenvalue weighted by Crippen LogP contribution is -2.03. The lowest BCUT2D eigenvalue weighted by Gasteiger charge is -2.06. The molecule has 1 heterocycles. The van der Waals surface area contributed by atoms with E-state index >= 15 is 0 Å². The third-order valence-electron chi connectivity index (χ3n) is 2.25. The first-order valence-corrected chi connectivity index (χ1v) is 6.08. The first-order valence-electron chi connectivity index (χ1n) is 5.00. The van der Waals surface area contributed by atoms with Crippen LogP contribution < -0.4 is 5.32 Å². The largest absolute Gasteiger partial charge is 0.365 e. The highest BCUT2D eigenvalue weighted by atomic mass is 127. The average molecular weight is 325 g/mol. The number of hydrogen-bond donors (Lipinski definition) is 1. The van der Waals surface area contributed by atoms with Crippen LogP contribution in [0.1, 0.15) is 11.1 Å². The van der Waals surface area contributed by atoms with Crippen LogP contribution in [0.4, 0.5) is 5.82 Å². The predicted molar refractivity (Wildman–Crippen MR) is 73.3 cm³/mol. The van der Waals surface area contributed by atoms with E-state index in [0.717, 1.165) is 15.9 Å². The molecule has 0 aliphatic heterocycles. The van der Waals surface area contributed by atoms with Gasteiger partial charge in [0.2, 0.25) is 0 Å². The molecule has 82 valence electrons. The van der Waals surface area contributed by atoms with Crippen molar-refractivity contribution in [2.45, 2.75) is 13.5 Å². The SMILES string of the molecule is Cc1ccc(CNc2ncncc2I)cc1. The highest BCUT2D eigenvalue weighted by molar-refractivity contribution is 14.1. The molecular weight excluding hydrogens is 313 g/mol. The fraction of sp³-hybridized carbons (Fsp3) is 0.167. The molecule has 2 rings (SSSR count). The van der Waals surface area contributed by atoms with E-state index in [1.165, 1.54) is 11.1 Å². The third kappa shape index (κ3) is 2.91. The maximum absolute atomic E-state index is 4.18. The van der Waals surface area contributed by atoms with Crippen LogP contribution in [0.15, 0.2) is 36.8 Å². The summed E-state index contributed by atoms with van der Waals surface area (Å²) in [5.74, 6) is 0.885. The summed E-state index contributed by atoms with van der Waals surface area (Å²) in [6.45, 7) is 2.87. The van der Waals surface area contributed by atoms with Crippen molar-refractivity contribution in [3.05, 3.63) is 51.5 Å². The zero-order valence-electron chi connectivity index (χ0n) is 8.94. The second-order valence-electron chi connectivity index (χ2n) is 3.56. The van der Waals surface area contributed by atoms with Gasteiger partial charge < -0.3 is 5.32 Å². The Bertz CT molecular complexity index is 468. The van der Waals surface area contributed by atoms with Gasteiger partial charge >= 0.3 is 0 Å². The summed E-state index contributed by atoms with van der Waals surface area (Å²) < 4.78 is 1.03. The molecule has 0 spiro atoms. The molecule has 2 aromatic rings. The maximum atomic E-state index is 4.18. The second-order valence-corrected chi connectivity index (χ2v) is 4.72. The molecule has 0 atom stereocenters. The number of rotatable bonds is 3. The van der Waals surface area contributed by atoms with E-state index in [0.29, 0.717) is 0 Å². The van der Waals surface area contributed by atoms with Gasteiger partial charge in [0, 0.05) is 12.7 Å². The quantitative estimate of drug-likeness (QED) is 0.882. The van der Waals surface area contributed by atoms with E-state index in [1.807, 2.05) is 0 Å². The van der Waals surface area contributed by atoms with E-state index < -0.39 is 0 Å². The summed E-state index contributed by atoms with van der Waals surface area (Å²) in [6, 6.07) is 8.47. The molecule has 1 N–H and O–H groups in total. The van der Waals surface area contributed by atoms with E-state index in [1.54, 1.807) is 12.5 Å². The number of nitrogens with zero attached hydrogens (tertiary/aromatic N) is 2. The lowest BCUT2D eigenvalue weighted by molar-refractivity contribution is 1.07. The van der Waals surface area contributed by atoms with Gasteiger partial charge in [0.15, 0.2) is 0 Å². The lowest BCUT2D eigenvalue weighted by atomic mass is 10.1. The summed E-state index contributed by atoms with van der Waals surface area (Å²) in [7, 11) is 0. The van der Waals surface area contributed by atoms with E-state index in [9.17, 15) is 0 Å². The van der Waals surface area contributed by atoms with Gasteiger partial charge in [0.25, 0.3) is 0 Å². The Morgan fingerprint density at radius 1 is 1.25 bits per heavy atom. The van der Waals surface area contributed by atoms with Crippen LogP contribution >= 0.6 is 22.6 Å². The van der Waals surface area contributed by atoms with Crippen molar-refractivity contribution < 1.29 is 0 Å². The first kappa shape index (κ1) is 11.3. The number of aryl methyl sites for hydroxylation is 1. The number of halogens is 1. The first-order chi connectivity index (χ1) is 7.75. The monoisotopic (exact) mass is 325 g/mol. The van der Waals surface area contributed by atoms with Crippen molar-refractivity contribution >= 4 is 28.4 Å². The summed E-state index contributed by atoms with van der Waals surface area (Å²) in [6.07, 6.45) is 3.35. The van der Waals surface area contributed by atoms with Crippen LogP contribution in [0.25, 0.3) is 0 Å². The van der Waals surface area contributed by atoms with Gasteiger partial charge in [-0.1, -0.05) is 29.8 Å². The molecule has 0 aliphatic carbocycles. The molecule has 0 saturated carbocycles. The number of aromatic nitrogens is 2. The van der Waals surface area contributed by atoms with Crippen LogP contribution in [-0.2, 0) is 6.54 Å². The minimum Gasteiger partial charge on any atom is -0.365 e. The molecular formula is C12H12IN3. The van der Waals surface area contributed by atoms with E-state index in [2.05, 4.69) is 69.1 Å². The fourth-order valence-electron chi connectivity index (χ4n) is 1.33. The summed E-state index contributed by atoms with van der Waals surface area (Å²) in [4.78, 5) is 8.13. The van der Waals surface area contributed by atoms with Gasteiger partial charge in [-0.3, -0.25) is 0 Å². The second kappa shape index (κ2) is 5.25.